The van der Waals surface area contributed by atoms with E-state index in [0.29, 0.717) is 0 Å². The highest BCUT2D eigenvalue weighted by atomic mass is 16.5. The summed E-state index contributed by atoms with van der Waals surface area (Å²) in [5.41, 5.74) is 3.60. The quantitative estimate of drug-likeness (QED) is 0.822. The van der Waals surface area contributed by atoms with Gasteiger partial charge in [-0.1, -0.05) is 54.6 Å². The van der Waals surface area contributed by atoms with Crippen LogP contribution < -0.4 is 4.90 Å². The Morgan fingerprint density at radius 2 is 1.60 bits per heavy atom. The fraction of sp³-hybridized carbons (Fsp3) is 0.111. The molecule has 2 nitrogen and oxygen atoms in total. The number of nitrogens with zero attached hydrogens (tertiary/aromatic N) is 1. The number of anilines is 1. The molecule has 1 aliphatic heterocycles. The van der Waals surface area contributed by atoms with Crippen LogP contribution in [0.15, 0.2) is 78.7 Å². The van der Waals surface area contributed by atoms with E-state index in [1.165, 1.54) is 11.1 Å². The van der Waals surface area contributed by atoms with Gasteiger partial charge in [0.2, 0.25) is 0 Å². The van der Waals surface area contributed by atoms with Gasteiger partial charge >= 0.3 is 0 Å². The second-order valence-corrected chi connectivity index (χ2v) is 4.66. The Morgan fingerprint density at radius 3 is 2.30 bits per heavy atom. The zero-order chi connectivity index (χ0) is 13.8. The second-order valence-electron chi connectivity index (χ2n) is 4.66. The van der Waals surface area contributed by atoms with E-state index in [-0.39, 0.29) is 0 Å². The van der Waals surface area contributed by atoms with Gasteiger partial charge in [0, 0.05) is 12.2 Å². The molecule has 0 unspecified atom stereocenters. The molecule has 2 aromatic carbocycles. The van der Waals surface area contributed by atoms with Crippen molar-refractivity contribution < 1.29 is 4.74 Å². The van der Waals surface area contributed by atoms with Crippen LogP contribution >= 0.6 is 0 Å². The molecule has 0 aromatic heterocycles. The molecule has 0 N–H and O–H groups in total. The van der Waals surface area contributed by atoms with E-state index in [9.17, 15) is 0 Å². The van der Waals surface area contributed by atoms with Gasteiger partial charge in [0.1, 0.15) is 0 Å². The Balaban J connectivity index is 1.87. The third-order valence-electron chi connectivity index (χ3n) is 3.42. The monoisotopic (exact) mass is 263 g/mol. The Morgan fingerprint density at radius 1 is 0.900 bits per heavy atom. The Labute approximate surface area is 119 Å². The van der Waals surface area contributed by atoms with E-state index < -0.39 is 0 Å². The summed E-state index contributed by atoms with van der Waals surface area (Å²) in [6.45, 7) is 0.838. The fourth-order valence-corrected chi connectivity index (χ4v) is 2.37. The maximum atomic E-state index is 5.41. The summed E-state index contributed by atoms with van der Waals surface area (Å²) in [7, 11) is 1.70. The SMILES string of the molecule is COC1=CC=CCN1c1ccc(-c2ccccc2)cc1. The van der Waals surface area contributed by atoms with Crippen LogP contribution in [0.5, 0.6) is 0 Å². The third kappa shape index (κ3) is 2.45. The van der Waals surface area contributed by atoms with E-state index in [0.717, 1.165) is 18.1 Å². The van der Waals surface area contributed by atoms with Crippen LogP contribution in [-0.4, -0.2) is 13.7 Å². The van der Waals surface area contributed by atoms with E-state index >= 15 is 0 Å². The summed E-state index contributed by atoms with van der Waals surface area (Å²) in [5, 5.41) is 0. The predicted molar refractivity (Wildman–Crippen MR) is 83.5 cm³/mol. The van der Waals surface area contributed by atoms with Crippen LogP contribution in [-0.2, 0) is 4.74 Å². The number of hydrogen-bond donors (Lipinski definition) is 0. The average molecular weight is 263 g/mol. The smallest absolute Gasteiger partial charge is 0.193 e. The van der Waals surface area contributed by atoms with Gasteiger partial charge in [-0.3, -0.25) is 0 Å². The standard InChI is InChI=1S/C18H17NO/c1-20-18-9-5-6-14-19(18)17-12-10-16(11-13-17)15-7-3-2-4-8-15/h2-13H,14H2,1H3. The topological polar surface area (TPSA) is 12.5 Å². The lowest BCUT2D eigenvalue weighted by Crippen LogP contribution is -2.25. The number of rotatable bonds is 3. The van der Waals surface area contributed by atoms with E-state index in [1.54, 1.807) is 7.11 Å². The maximum absolute atomic E-state index is 5.41. The summed E-state index contributed by atoms with van der Waals surface area (Å²) in [4.78, 5) is 2.15. The van der Waals surface area contributed by atoms with Crippen molar-refractivity contribution in [2.45, 2.75) is 0 Å². The van der Waals surface area contributed by atoms with Crippen LogP contribution in [0.3, 0.4) is 0 Å². The van der Waals surface area contributed by atoms with Crippen molar-refractivity contribution in [2.75, 3.05) is 18.6 Å². The van der Waals surface area contributed by atoms with Crippen molar-refractivity contribution in [1.29, 1.82) is 0 Å². The van der Waals surface area contributed by atoms with Gasteiger partial charge in [-0.15, -0.1) is 0 Å². The minimum absolute atomic E-state index is 0.838. The Kier molecular flexibility index (Phi) is 3.55. The number of methoxy groups -OCH3 is 1. The van der Waals surface area contributed by atoms with Crippen molar-refractivity contribution >= 4 is 5.69 Å². The first kappa shape index (κ1) is 12.5. The molecular formula is C18H17NO. The van der Waals surface area contributed by atoms with Gasteiger partial charge in [-0.05, 0) is 29.3 Å². The van der Waals surface area contributed by atoms with E-state index in [1.807, 2.05) is 18.2 Å². The number of benzene rings is 2. The van der Waals surface area contributed by atoms with Crippen molar-refractivity contribution in [1.82, 2.24) is 0 Å². The molecule has 0 saturated carbocycles. The minimum atomic E-state index is 0.838. The Hall–Kier alpha value is -2.48. The molecule has 0 bridgehead atoms. The van der Waals surface area contributed by atoms with Crippen molar-refractivity contribution in [3.63, 3.8) is 0 Å². The molecule has 100 valence electrons. The first-order valence-corrected chi connectivity index (χ1v) is 6.72. The van der Waals surface area contributed by atoms with Crippen LogP contribution in [0, 0.1) is 0 Å². The number of hydrogen-bond acceptors (Lipinski definition) is 2. The molecule has 0 atom stereocenters. The largest absolute Gasteiger partial charge is 0.482 e. The zero-order valence-electron chi connectivity index (χ0n) is 11.5. The highest BCUT2D eigenvalue weighted by Crippen LogP contribution is 2.26. The summed E-state index contributed by atoms with van der Waals surface area (Å²) in [6.07, 6.45) is 6.12. The van der Waals surface area contributed by atoms with Crippen molar-refractivity contribution in [3.8, 4) is 11.1 Å². The molecule has 0 saturated heterocycles. The summed E-state index contributed by atoms with van der Waals surface area (Å²) in [6, 6.07) is 19.0. The molecule has 3 rings (SSSR count). The van der Waals surface area contributed by atoms with Gasteiger partial charge in [0.25, 0.3) is 0 Å². The highest BCUT2D eigenvalue weighted by molar-refractivity contribution is 5.67. The first-order valence-electron chi connectivity index (χ1n) is 6.72. The molecule has 1 aliphatic rings. The van der Waals surface area contributed by atoms with Gasteiger partial charge < -0.3 is 9.64 Å². The second kappa shape index (κ2) is 5.66. The van der Waals surface area contributed by atoms with E-state index in [4.69, 9.17) is 4.74 Å². The van der Waals surface area contributed by atoms with Crippen molar-refractivity contribution in [2.24, 2.45) is 0 Å². The lowest BCUT2D eigenvalue weighted by Gasteiger charge is -2.26. The average Bonchev–Trinajstić information content (AvgIpc) is 2.56. The predicted octanol–water partition coefficient (Wildman–Crippen LogP) is 4.22. The minimum Gasteiger partial charge on any atom is -0.482 e. The summed E-state index contributed by atoms with van der Waals surface area (Å²) >= 11 is 0. The first-order chi connectivity index (χ1) is 9.88. The maximum Gasteiger partial charge on any atom is 0.193 e. The fourth-order valence-electron chi connectivity index (χ4n) is 2.37. The van der Waals surface area contributed by atoms with Crippen LogP contribution in [0.4, 0.5) is 5.69 Å². The lowest BCUT2D eigenvalue weighted by atomic mass is 10.1. The zero-order valence-corrected chi connectivity index (χ0v) is 11.5. The van der Waals surface area contributed by atoms with Gasteiger partial charge in [-0.25, -0.2) is 0 Å². The van der Waals surface area contributed by atoms with Gasteiger partial charge in [-0.2, -0.15) is 0 Å². The van der Waals surface area contributed by atoms with Gasteiger partial charge in [0.05, 0.1) is 7.11 Å². The van der Waals surface area contributed by atoms with E-state index in [2.05, 4.69) is 59.5 Å². The summed E-state index contributed by atoms with van der Waals surface area (Å²) < 4.78 is 5.41. The molecule has 2 heteroatoms. The highest BCUT2D eigenvalue weighted by Gasteiger charge is 2.13. The van der Waals surface area contributed by atoms with Crippen molar-refractivity contribution in [3.05, 3.63) is 78.7 Å². The normalized spacial score (nSPS) is 14.1. The van der Waals surface area contributed by atoms with Crippen LogP contribution in [0.2, 0.25) is 0 Å². The molecule has 0 fully saturated rings. The van der Waals surface area contributed by atoms with Crippen LogP contribution in [0.25, 0.3) is 11.1 Å². The van der Waals surface area contributed by atoms with Gasteiger partial charge in [0.15, 0.2) is 5.88 Å². The Bertz CT molecular complexity index is 626. The number of ether oxygens (including phenoxy) is 1. The molecule has 0 radical (unpaired) electrons. The molecule has 0 amide bonds. The molecule has 0 spiro atoms. The molecule has 1 heterocycles. The van der Waals surface area contributed by atoms with Crippen LogP contribution in [0.1, 0.15) is 0 Å². The molecule has 20 heavy (non-hydrogen) atoms. The molecule has 2 aromatic rings. The number of allylic oxidation sites excluding steroid dienone is 2. The lowest BCUT2D eigenvalue weighted by molar-refractivity contribution is 0.280. The molecular weight excluding hydrogens is 246 g/mol. The molecule has 0 aliphatic carbocycles. The summed E-state index contributed by atoms with van der Waals surface area (Å²) in [5.74, 6) is 0.875. The third-order valence-corrected chi connectivity index (χ3v) is 3.42.